The number of piperazine rings is 1. The molecule has 1 aromatic heterocycles. The molecule has 0 bridgehead atoms. The summed E-state index contributed by atoms with van der Waals surface area (Å²) in [5, 5.41) is 9.84. The van der Waals surface area contributed by atoms with E-state index in [4.69, 9.17) is 4.98 Å². The average molecular weight is 369 g/mol. The van der Waals surface area contributed by atoms with E-state index in [9.17, 15) is 10.1 Å². The van der Waals surface area contributed by atoms with Crippen molar-refractivity contribution in [3.05, 3.63) is 22.4 Å². The standard InChI is InChI=1S/C22H32N4O/c1-15(2)12-20-18-7-5-6-17(18)19(14-23)22(24-20)26-10-8-25(9-11-26)21(27)13-16(3)4/h15-16H,5-13H2,1-4H3. The van der Waals surface area contributed by atoms with Gasteiger partial charge in [-0.15, -0.1) is 0 Å². The van der Waals surface area contributed by atoms with Gasteiger partial charge in [0.15, 0.2) is 0 Å². The summed E-state index contributed by atoms with van der Waals surface area (Å²) in [6.45, 7) is 11.6. The number of fused-ring (bicyclic) bond motifs is 1. The number of hydrogen-bond donors (Lipinski definition) is 0. The number of anilines is 1. The largest absolute Gasteiger partial charge is 0.352 e. The summed E-state index contributed by atoms with van der Waals surface area (Å²) >= 11 is 0. The number of amides is 1. The van der Waals surface area contributed by atoms with Gasteiger partial charge >= 0.3 is 0 Å². The van der Waals surface area contributed by atoms with Crippen molar-refractivity contribution in [2.45, 2.75) is 59.8 Å². The van der Waals surface area contributed by atoms with Gasteiger partial charge in [-0.2, -0.15) is 5.26 Å². The average Bonchev–Trinajstić information content (AvgIpc) is 3.10. The van der Waals surface area contributed by atoms with Crippen LogP contribution >= 0.6 is 0 Å². The van der Waals surface area contributed by atoms with Crippen molar-refractivity contribution in [3.63, 3.8) is 0 Å². The second kappa shape index (κ2) is 8.29. The summed E-state index contributed by atoms with van der Waals surface area (Å²) in [5.41, 5.74) is 4.52. The van der Waals surface area contributed by atoms with Gasteiger partial charge < -0.3 is 9.80 Å². The Morgan fingerprint density at radius 1 is 1.07 bits per heavy atom. The molecule has 1 fully saturated rings. The Labute approximate surface area is 163 Å². The first kappa shape index (κ1) is 19.7. The molecule has 0 atom stereocenters. The maximum Gasteiger partial charge on any atom is 0.222 e. The van der Waals surface area contributed by atoms with Crippen LogP contribution in [0.15, 0.2) is 0 Å². The predicted octanol–water partition coefficient (Wildman–Crippen LogP) is 3.34. The highest BCUT2D eigenvalue weighted by atomic mass is 16.2. The van der Waals surface area contributed by atoms with E-state index in [0.29, 0.717) is 31.3 Å². The Balaban J connectivity index is 1.83. The highest BCUT2D eigenvalue weighted by molar-refractivity contribution is 5.76. The predicted molar refractivity (Wildman–Crippen MR) is 108 cm³/mol. The van der Waals surface area contributed by atoms with Gasteiger partial charge in [0.1, 0.15) is 11.9 Å². The Morgan fingerprint density at radius 2 is 1.74 bits per heavy atom. The molecule has 5 heteroatoms. The second-order valence-corrected chi connectivity index (χ2v) is 8.74. The van der Waals surface area contributed by atoms with Gasteiger partial charge in [-0.1, -0.05) is 27.7 Å². The quantitative estimate of drug-likeness (QED) is 0.800. The number of hydrogen-bond acceptors (Lipinski definition) is 4. The van der Waals surface area contributed by atoms with Gasteiger partial charge in [-0.25, -0.2) is 4.98 Å². The van der Waals surface area contributed by atoms with Crippen molar-refractivity contribution in [3.8, 4) is 6.07 Å². The number of aromatic nitrogens is 1. The lowest BCUT2D eigenvalue weighted by atomic mass is 9.97. The minimum Gasteiger partial charge on any atom is -0.352 e. The topological polar surface area (TPSA) is 60.2 Å². The molecule has 1 saturated heterocycles. The maximum atomic E-state index is 12.3. The summed E-state index contributed by atoms with van der Waals surface area (Å²) in [7, 11) is 0. The molecule has 5 nitrogen and oxygen atoms in total. The third kappa shape index (κ3) is 4.26. The fourth-order valence-electron chi connectivity index (χ4n) is 4.27. The van der Waals surface area contributed by atoms with Crippen LogP contribution in [0.2, 0.25) is 0 Å². The first-order chi connectivity index (χ1) is 12.9. The molecule has 0 unspecified atom stereocenters. The maximum absolute atomic E-state index is 12.3. The smallest absolute Gasteiger partial charge is 0.222 e. The summed E-state index contributed by atoms with van der Waals surface area (Å²) < 4.78 is 0. The molecule has 0 saturated carbocycles. The first-order valence-electron chi connectivity index (χ1n) is 10.4. The minimum atomic E-state index is 0.243. The van der Waals surface area contributed by atoms with Crippen molar-refractivity contribution in [1.29, 1.82) is 5.26 Å². The highest BCUT2D eigenvalue weighted by Gasteiger charge is 2.28. The van der Waals surface area contributed by atoms with Crippen LogP contribution in [0.4, 0.5) is 5.82 Å². The van der Waals surface area contributed by atoms with Gasteiger partial charge in [0.25, 0.3) is 0 Å². The van der Waals surface area contributed by atoms with Gasteiger partial charge in [-0.05, 0) is 48.6 Å². The molecule has 3 rings (SSSR count). The van der Waals surface area contributed by atoms with Gasteiger partial charge in [0.05, 0.1) is 5.56 Å². The van der Waals surface area contributed by atoms with Crippen LogP contribution in [-0.2, 0) is 24.1 Å². The lowest BCUT2D eigenvalue weighted by molar-refractivity contribution is -0.132. The number of pyridine rings is 1. The van der Waals surface area contributed by atoms with Crippen LogP contribution in [-0.4, -0.2) is 42.0 Å². The number of nitrogens with zero attached hydrogens (tertiary/aromatic N) is 4. The van der Waals surface area contributed by atoms with Crippen molar-refractivity contribution in [2.24, 2.45) is 11.8 Å². The zero-order valence-corrected chi connectivity index (χ0v) is 17.2. The third-order valence-electron chi connectivity index (χ3n) is 5.56. The number of carbonyl (C=O) groups is 1. The Morgan fingerprint density at radius 3 is 2.33 bits per heavy atom. The fraction of sp³-hybridized carbons (Fsp3) is 0.682. The zero-order valence-electron chi connectivity index (χ0n) is 17.2. The lowest BCUT2D eigenvalue weighted by Gasteiger charge is -2.36. The number of rotatable bonds is 5. The van der Waals surface area contributed by atoms with Crippen molar-refractivity contribution in [2.75, 3.05) is 31.1 Å². The molecular formula is C22H32N4O. The van der Waals surface area contributed by atoms with E-state index in [1.807, 2.05) is 4.90 Å². The molecule has 27 heavy (non-hydrogen) atoms. The monoisotopic (exact) mass is 368 g/mol. The Bertz CT molecular complexity index is 740. The van der Waals surface area contributed by atoms with E-state index in [-0.39, 0.29) is 5.91 Å². The van der Waals surface area contributed by atoms with E-state index >= 15 is 0 Å². The summed E-state index contributed by atoms with van der Waals surface area (Å²) in [6, 6.07) is 2.45. The molecule has 2 aliphatic rings. The van der Waals surface area contributed by atoms with E-state index < -0.39 is 0 Å². The highest BCUT2D eigenvalue weighted by Crippen LogP contribution is 2.34. The summed E-state index contributed by atoms with van der Waals surface area (Å²) in [5.74, 6) is 2.03. The van der Waals surface area contributed by atoms with Crippen LogP contribution in [0.5, 0.6) is 0 Å². The zero-order chi connectivity index (χ0) is 19.6. The molecule has 146 valence electrons. The van der Waals surface area contributed by atoms with Crippen molar-refractivity contribution in [1.82, 2.24) is 9.88 Å². The Hall–Kier alpha value is -2.09. The molecule has 1 aliphatic heterocycles. The van der Waals surface area contributed by atoms with Crippen LogP contribution in [0, 0.1) is 23.2 Å². The normalized spacial score (nSPS) is 16.8. The minimum absolute atomic E-state index is 0.243. The van der Waals surface area contributed by atoms with Crippen LogP contribution in [0.25, 0.3) is 0 Å². The van der Waals surface area contributed by atoms with Crippen molar-refractivity contribution < 1.29 is 4.79 Å². The molecule has 0 N–H and O–H groups in total. The molecule has 1 aromatic rings. The summed E-state index contributed by atoms with van der Waals surface area (Å²) in [6.07, 6.45) is 4.74. The van der Waals surface area contributed by atoms with Gasteiger partial charge in [0, 0.05) is 38.3 Å². The SMILES string of the molecule is CC(C)CC(=O)N1CCN(c2nc(CC(C)C)c3c(c2C#N)CCC3)CC1. The van der Waals surface area contributed by atoms with Gasteiger partial charge in [-0.3, -0.25) is 4.79 Å². The fourth-order valence-corrected chi connectivity index (χ4v) is 4.27. The van der Waals surface area contributed by atoms with Crippen molar-refractivity contribution >= 4 is 11.7 Å². The first-order valence-corrected chi connectivity index (χ1v) is 10.4. The number of nitriles is 1. The Kier molecular flexibility index (Phi) is 6.04. The molecule has 1 amide bonds. The molecule has 0 radical (unpaired) electrons. The molecule has 0 aromatic carbocycles. The van der Waals surface area contributed by atoms with Crippen LogP contribution < -0.4 is 4.90 Å². The number of carbonyl (C=O) groups excluding carboxylic acids is 1. The lowest BCUT2D eigenvalue weighted by Crippen LogP contribution is -2.49. The second-order valence-electron chi connectivity index (χ2n) is 8.74. The van der Waals surface area contributed by atoms with Crippen LogP contribution in [0.3, 0.4) is 0 Å². The molecule has 2 heterocycles. The van der Waals surface area contributed by atoms with E-state index in [1.54, 1.807) is 0 Å². The molecular weight excluding hydrogens is 336 g/mol. The van der Waals surface area contributed by atoms with E-state index in [0.717, 1.165) is 50.2 Å². The molecule has 1 aliphatic carbocycles. The summed E-state index contributed by atoms with van der Waals surface area (Å²) in [4.78, 5) is 21.5. The molecule has 0 spiro atoms. The van der Waals surface area contributed by atoms with Gasteiger partial charge in [0.2, 0.25) is 5.91 Å². The van der Waals surface area contributed by atoms with Crippen LogP contribution in [0.1, 0.15) is 62.9 Å². The third-order valence-corrected chi connectivity index (χ3v) is 5.56. The van der Waals surface area contributed by atoms with E-state index in [1.165, 1.54) is 16.8 Å². The van der Waals surface area contributed by atoms with E-state index in [2.05, 4.69) is 38.7 Å².